The van der Waals surface area contributed by atoms with Crippen LogP contribution in [-0.4, -0.2) is 72.9 Å². The molecule has 2 amide bonds. The van der Waals surface area contributed by atoms with Crippen molar-refractivity contribution in [3.63, 3.8) is 0 Å². The highest BCUT2D eigenvalue weighted by atomic mass is 32.1. The molecule has 0 aliphatic carbocycles. The zero-order chi connectivity index (χ0) is 31.2. The number of amides is 2. The third-order valence-corrected chi connectivity index (χ3v) is 7.35. The fraction of sp³-hybridized carbons (Fsp3) is 0.400. The van der Waals surface area contributed by atoms with Gasteiger partial charge in [0, 0.05) is 38.4 Å². The van der Waals surface area contributed by atoms with Crippen LogP contribution in [0.4, 0.5) is 11.6 Å². The summed E-state index contributed by atoms with van der Waals surface area (Å²) in [4.78, 5) is 48.1. The van der Waals surface area contributed by atoms with Crippen molar-refractivity contribution in [1.82, 2.24) is 20.6 Å². The van der Waals surface area contributed by atoms with E-state index < -0.39 is 17.9 Å². The summed E-state index contributed by atoms with van der Waals surface area (Å²) in [5.74, 6) is -1.17. The Hall–Kier alpha value is -4.36. The summed E-state index contributed by atoms with van der Waals surface area (Å²) in [6, 6.07) is 8.01. The topological polar surface area (TPSA) is 183 Å². The van der Waals surface area contributed by atoms with Gasteiger partial charge in [-0.25, -0.2) is 14.8 Å². The van der Waals surface area contributed by atoms with Gasteiger partial charge in [0.1, 0.15) is 6.04 Å². The van der Waals surface area contributed by atoms with Crippen LogP contribution in [0, 0.1) is 13.8 Å². The molecule has 0 aliphatic heterocycles. The summed E-state index contributed by atoms with van der Waals surface area (Å²) in [7, 11) is 0. The molecule has 2 heterocycles. The molecular weight excluding hydrogens is 570 g/mol. The number of nitrogens with two attached hydrogens (primary N) is 2. The Bertz CT molecular complexity index is 1370. The second-order valence-corrected chi connectivity index (χ2v) is 10.6. The number of nitrogens with zero attached hydrogens (tertiary/aromatic N) is 2. The van der Waals surface area contributed by atoms with Crippen molar-refractivity contribution >= 4 is 47.0 Å². The molecule has 3 aromatic rings. The molecule has 7 N–H and O–H groups in total. The largest absolute Gasteiger partial charge is 0.464 e. The van der Waals surface area contributed by atoms with E-state index >= 15 is 0 Å². The van der Waals surface area contributed by atoms with E-state index in [0.717, 1.165) is 24.0 Å². The number of hydrogen-bond donors (Lipinski definition) is 5. The molecule has 1 aromatic carbocycles. The molecule has 0 unspecified atom stereocenters. The van der Waals surface area contributed by atoms with E-state index in [9.17, 15) is 14.4 Å². The molecule has 0 aliphatic rings. The maximum absolute atomic E-state index is 13.3. The average Bonchev–Trinajstić information content (AvgIpc) is 3.52. The van der Waals surface area contributed by atoms with Crippen LogP contribution in [0.2, 0.25) is 0 Å². The van der Waals surface area contributed by atoms with Crippen LogP contribution in [0.25, 0.3) is 0 Å². The molecule has 0 radical (unpaired) electrons. The zero-order valence-electron chi connectivity index (χ0n) is 24.8. The summed E-state index contributed by atoms with van der Waals surface area (Å²) in [5.41, 5.74) is 9.65. The fourth-order valence-electron chi connectivity index (χ4n) is 4.35. The highest BCUT2D eigenvalue weighted by Crippen LogP contribution is 2.17. The lowest BCUT2D eigenvalue weighted by Gasteiger charge is -2.19. The van der Waals surface area contributed by atoms with Gasteiger partial charge in [0.15, 0.2) is 6.21 Å². The lowest BCUT2D eigenvalue weighted by Crippen LogP contribution is -2.49. The van der Waals surface area contributed by atoms with Crippen LogP contribution < -0.4 is 27.1 Å². The molecule has 0 bridgehead atoms. The van der Waals surface area contributed by atoms with Gasteiger partial charge >= 0.3 is 5.97 Å². The number of aromatic nitrogens is 2. The monoisotopic (exact) mass is 610 g/mol. The van der Waals surface area contributed by atoms with E-state index in [1.54, 1.807) is 31.4 Å². The normalized spacial score (nSPS) is 11.4. The van der Waals surface area contributed by atoms with E-state index in [0.29, 0.717) is 54.1 Å². The summed E-state index contributed by atoms with van der Waals surface area (Å²) in [6.45, 7) is 6.84. The predicted molar refractivity (Wildman–Crippen MR) is 166 cm³/mol. The van der Waals surface area contributed by atoms with Gasteiger partial charge in [-0.05, 0) is 56.7 Å². The molecule has 13 heteroatoms. The van der Waals surface area contributed by atoms with Gasteiger partial charge in [-0.2, -0.15) is 0 Å². The first-order chi connectivity index (χ1) is 20.7. The highest BCUT2D eigenvalue weighted by molar-refractivity contribution is 7.12. The molecule has 2 aromatic heterocycles. The Kier molecular flexibility index (Phi) is 13.0. The Labute approximate surface area is 255 Å². The first kappa shape index (κ1) is 33.1. The third-order valence-electron chi connectivity index (χ3n) is 6.48. The lowest BCUT2D eigenvalue weighted by atomic mass is 10.0. The number of hydrogen-bond acceptors (Lipinski definition) is 10. The minimum absolute atomic E-state index is 0.120. The summed E-state index contributed by atoms with van der Waals surface area (Å²) in [5, 5.41) is 16.1. The second kappa shape index (κ2) is 16.9. The standard InChI is InChI=1S/C30H39N7O5S/c1-4-41-14-8-15-42-29(40)24(18-34-27(38)25-12-7-16-43-25)37-28(39)26-19(2)35-30(36-20(26)3)33-13-6-10-21-9-5-11-23(32)22(21)17-31/h5,7,9,11-12,16-17,24,31H,4,6,8,10,13-15,18,32H2,1-3H3,(H,34,38)(H,37,39)(H,33,35,36)/p+1/t24-/m0/s1. The molecule has 0 spiro atoms. The average molecular weight is 611 g/mol. The van der Waals surface area contributed by atoms with E-state index in [4.69, 9.17) is 20.6 Å². The second-order valence-electron chi connectivity index (χ2n) is 9.64. The van der Waals surface area contributed by atoms with Crippen molar-refractivity contribution in [2.45, 2.75) is 46.1 Å². The lowest BCUT2D eigenvalue weighted by molar-refractivity contribution is -0.146. The van der Waals surface area contributed by atoms with Gasteiger partial charge in [0.05, 0.1) is 34.0 Å². The van der Waals surface area contributed by atoms with Crippen LogP contribution in [0.15, 0.2) is 35.7 Å². The molecule has 0 saturated heterocycles. The Morgan fingerprint density at radius 1 is 1.07 bits per heavy atom. The molecule has 0 fully saturated rings. The van der Waals surface area contributed by atoms with Crippen molar-refractivity contribution in [2.24, 2.45) is 0 Å². The fourth-order valence-corrected chi connectivity index (χ4v) is 4.99. The Balaban J connectivity index is 1.62. The minimum atomic E-state index is -1.12. The SMILES string of the molecule is CCOCCCOC(=O)[C@H](CNC(=O)c1cccs1)NC(=O)c1c(C)nc(NCCCc2cccc(N)c2C=[NH2+])nc1C. The van der Waals surface area contributed by atoms with Crippen LogP contribution >= 0.6 is 11.3 Å². The van der Waals surface area contributed by atoms with Crippen LogP contribution in [0.5, 0.6) is 0 Å². The Morgan fingerprint density at radius 3 is 2.51 bits per heavy atom. The molecule has 43 heavy (non-hydrogen) atoms. The van der Waals surface area contributed by atoms with Gasteiger partial charge in [0.2, 0.25) is 5.95 Å². The van der Waals surface area contributed by atoms with Crippen LogP contribution in [0.1, 0.15) is 62.3 Å². The van der Waals surface area contributed by atoms with Crippen molar-refractivity contribution < 1.29 is 29.3 Å². The number of benzene rings is 1. The molecule has 230 valence electrons. The number of nitrogens with one attached hydrogen (secondary N) is 3. The van der Waals surface area contributed by atoms with Crippen molar-refractivity contribution in [1.29, 1.82) is 0 Å². The van der Waals surface area contributed by atoms with Crippen molar-refractivity contribution in [3.05, 3.63) is 68.7 Å². The highest BCUT2D eigenvalue weighted by Gasteiger charge is 2.26. The molecule has 1 atom stereocenters. The first-order valence-electron chi connectivity index (χ1n) is 14.1. The van der Waals surface area contributed by atoms with E-state index in [1.807, 2.05) is 25.1 Å². The number of aryl methyl sites for hydroxylation is 3. The minimum Gasteiger partial charge on any atom is -0.464 e. The number of anilines is 2. The summed E-state index contributed by atoms with van der Waals surface area (Å²) in [6.07, 6.45) is 3.56. The van der Waals surface area contributed by atoms with E-state index in [-0.39, 0.29) is 24.6 Å². The summed E-state index contributed by atoms with van der Waals surface area (Å²) >= 11 is 1.27. The van der Waals surface area contributed by atoms with E-state index in [2.05, 4.69) is 25.9 Å². The van der Waals surface area contributed by atoms with Gasteiger partial charge in [0.25, 0.3) is 11.8 Å². The number of carbonyl (C=O) groups is 3. The van der Waals surface area contributed by atoms with E-state index in [1.165, 1.54) is 17.6 Å². The quantitative estimate of drug-likeness (QED) is 0.0654. The predicted octanol–water partition coefficient (Wildman–Crippen LogP) is 1.46. The van der Waals surface area contributed by atoms with Crippen LogP contribution in [-0.2, 0) is 20.7 Å². The zero-order valence-corrected chi connectivity index (χ0v) is 25.6. The smallest absolute Gasteiger partial charge is 0.330 e. The van der Waals surface area contributed by atoms with Gasteiger partial charge in [-0.15, -0.1) is 11.3 Å². The maximum Gasteiger partial charge on any atom is 0.330 e. The van der Waals surface area contributed by atoms with Gasteiger partial charge < -0.3 is 31.2 Å². The van der Waals surface area contributed by atoms with Crippen molar-refractivity contribution in [2.75, 3.05) is 44.0 Å². The summed E-state index contributed by atoms with van der Waals surface area (Å²) < 4.78 is 10.6. The molecule has 12 nitrogen and oxygen atoms in total. The number of thiophene rings is 1. The first-order valence-corrected chi connectivity index (χ1v) is 15.0. The third kappa shape index (κ3) is 9.86. The number of carbonyl (C=O) groups excluding carboxylic acids is 3. The van der Waals surface area contributed by atoms with Crippen molar-refractivity contribution in [3.8, 4) is 0 Å². The Morgan fingerprint density at radius 2 is 1.84 bits per heavy atom. The number of esters is 1. The molecular formula is C30H40N7O5S+. The maximum atomic E-state index is 13.3. The van der Waals surface area contributed by atoms with Crippen LogP contribution in [0.3, 0.4) is 0 Å². The number of rotatable bonds is 17. The molecule has 0 saturated carbocycles. The van der Waals surface area contributed by atoms with Gasteiger partial charge in [-0.1, -0.05) is 18.2 Å². The number of nitrogen functional groups attached to an aromatic ring is 1. The van der Waals surface area contributed by atoms with Gasteiger partial charge in [-0.3, -0.25) is 15.0 Å². The molecule has 3 rings (SSSR count). The number of ether oxygens (including phenoxy) is 2.